The molecule has 4 rings (SSSR count). The van der Waals surface area contributed by atoms with Crippen LogP contribution in [0.1, 0.15) is 10.4 Å². The molecule has 9 heteroatoms. The summed E-state index contributed by atoms with van der Waals surface area (Å²) in [4.78, 5) is 12.6. The predicted molar refractivity (Wildman–Crippen MR) is 114 cm³/mol. The van der Waals surface area contributed by atoms with E-state index in [1.165, 1.54) is 31.3 Å². The number of hydrogen-bond donors (Lipinski definition) is 1. The molecule has 0 radical (unpaired) electrons. The van der Waals surface area contributed by atoms with E-state index in [0.29, 0.717) is 33.5 Å². The van der Waals surface area contributed by atoms with Gasteiger partial charge in [-0.15, -0.1) is 0 Å². The zero-order chi connectivity index (χ0) is 21.3. The number of sulfonamides is 1. The van der Waals surface area contributed by atoms with E-state index >= 15 is 0 Å². The first-order chi connectivity index (χ1) is 14.3. The summed E-state index contributed by atoms with van der Waals surface area (Å²) in [6.45, 7) is 0.153. The van der Waals surface area contributed by atoms with Gasteiger partial charge in [-0.2, -0.15) is 0 Å². The zero-order valence-electron chi connectivity index (χ0n) is 15.8. The van der Waals surface area contributed by atoms with E-state index in [1.807, 2.05) is 0 Å². The number of anilines is 2. The maximum Gasteiger partial charge on any atom is 0.264 e. The molecule has 0 spiro atoms. The van der Waals surface area contributed by atoms with Crippen LogP contribution in [0.3, 0.4) is 0 Å². The van der Waals surface area contributed by atoms with Crippen LogP contribution in [0, 0.1) is 0 Å². The number of fused-ring (bicyclic) bond motifs is 1. The summed E-state index contributed by atoms with van der Waals surface area (Å²) in [5.74, 6) is 0.864. The fraction of sp³-hybridized carbons (Fsp3) is 0.0952. The quantitative estimate of drug-likeness (QED) is 0.639. The van der Waals surface area contributed by atoms with Gasteiger partial charge in [-0.1, -0.05) is 11.6 Å². The Morgan fingerprint density at radius 3 is 2.33 bits per heavy atom. The van der Waals surface area contributed by atoms with E-state index in [-0.39, 0.29) is 17.6 Å². The lowest BCUT2D eigenvalue weighted by atomic mass is 10.2. The van der Waals surface area contributed by atoms with E-state index in [9.17, 15) is 13.2 Å². The van der Waals surface area contributed by atoms with Crippen LogP contribution < -0.4 is 19.1 Å². The number of amides is 1. The van der Waals surface area contributed by atoms with Crippen LogP contribution in [-0.2, 0) is 10.0 Å². The Bertz CT molecular complexity index is 1200. The van der Waals surface area contributed by atoms with Gasteiger partial charge in [0.25, 0.3) is 15.9 Å². The van der Waals surface area contributed by atoms with Crippen molar-refractivity contribution in [2.75, 3.05) is 23.5 Å². The predicted octanol–water partition coefficient (Wildman–Crippen LogP) is 4.15. The smallest absolute Gasteiger partial charge is 0.264 e. The van der Waals surface area contributed by atoms with Crippen molar-refractivity contribution in [3.8, 4) is 11.5 Å². The highest BCUT2D eigenvalue weighted by molar-refractivity contribution is 7.92. The van der Waals surface area contributed by atoms with Gasteiger partial charge in [-0.3, -0.25) is 9.10 Å². The summed E-state index contributed by atoms with van der Waals surface area (Å²) in [6, 6.07) is 17.3. The Balaban J connectivity index is 1.49. The summed E-state index contributed by atoms with van der Waals surface area (Å²) in [6.07, 6.45) is 0. The summed E-state index contributed by atoms with van der Waals surface area (Å²) >= 11 is 5.83. The Kier molecular flexibility index (Phi) is 5.27. The fourth-order valence-electron chi connectivity index (χ4n) is 2.90. The van der Waals surface area contributed by atoms with Crippen LogP contribution in [0.15, 0.2) is 71.6 Å². The van der Waals surface area contributed by atoms with Gasteiger partial charge in [-0.05, 0) is 60.7 Å². The molecule has 0 bridgehead atoms. The van der Waals surface area contributed by atoms with Crippen molar-refractivity contribution in [1.82, 2.24) is 0 Å². The second kappa shape index (κ2) is 7.89. The average molecular weight is 445 g/mol. The Labute approximate surface area is 178 Å². The molecule has 1 aliphatic rings. The minimum absolute atomic E-state index is 0.124. The molecule has 1 aliphatic heterocycles. The van der Waals surface area contributed by atoms with Crippen molar-refractivity contribution in [3.05, 3.63) is 77.3 Å². The van der Waals surface area contributed by atoms with E-state index in [4.69, 9.17) is 21.1 Å². The first-order valence-electron chi connectivity index (χ1n) is 8.90. The lowest BCUT2D eigenvalue weighted by molar-refractivity contribution is 0.102. The molecule has 0 saturated heterocycles. The molecule has 0 fully saturated rings. The number of rotatable bonds is 5. The van der Waals surface area contributed by atoms with Crippen molar-refractivity contribution < 1.29 is 22.7 Å². The van der Waals surface area contributed by atoms with Gasteiger partial charge >= 0.3 is 0 Å². The van der Waals surface area contributed by atoms with E-state index < -0.39 is 10.0 Å². The van der Waals surface area contributed by atoms with Crippen molar-refractivity contribution in [3.63, 3.8) is 0 Å². The number of hydrogen-bond acceptors (Lipinski definition) is 5. The Morgan fingerprint density at radius 1 is 0.967 bits per heavy atom. The largest absolute Gasteiger partial charge is 0.454 e. The molecule has 7 nitrogen and oxygen atoms in total. The zero-order valence-corrected chi connectivity index (χ0v) is 17.4. The van der Waals surface area contributed by atoms with Gasteiger partial charge in [-0.25, -0.2) is 8.42 Å². The molecule has 3 aromatic carbocycles. The van der Waals surface area contributed by atoms with Crippen molar-refractivity contribution >= 4 is 38.9 Å². The number of nitrogens with one attached hydrogen (secondary N) is 1. The fourth-order valence-corrected chi connectivity index (χ4v) is 4.23. The van der Waals surface area contributed by atoms with Crippen molar-refractivity contribution in [2.45, 2.75) is 4.90 Å². The van der Waals surface area contributed by atoms with Gasteiger partial charge in [0, 0.05) is 29.4 Å². The molecule has 3 aromatic rings. The third kappa shape index (κ3) is 3.92. The molecule has 0 saturated carbocycles. The standard InChI is InChI=1S/C21H17ClN2O5S/c1-24(30(26,27)18-9-4-15(22)5-10-18)17-7-2-14(3-8-17)21(25)23-16-6-11-19-20(12-16)29-13-28-19/h2-12H,13H2,1H3,(H,23,25). The lowest BCUT2D eigenvalue weighted by Crippen LogP contribution is -2.26. The molecule has 30 heavy (non-hydrogen) atoms. The van der Waals surface area contributed by atoms with Gasteiger partial charge in [0.15, 0.2) is 11.5 Å². The molecule has 0 aliphatic carbocycles. The minimum Gasteiger partial charge on any atom is -0.454 e. The van der Waals surface area contributed by atoms with Crippen LogP contribution in [0.2, 0.25) is 5.02 Å². The van der Waals surface area contributed by atoms with E-state index in [1.54, 1.807) is 42.5 Å². The van der Waals surface area contributed by atoms with Gasteiger partial charge in [0.05, 0.1) is 10.6 Å². The summed E-state index contributed by atoms with van der Waals surface area (Å²) < 4.78 is 37.3. The maximum absolute atomic E-state index is 12.8. The number of benzene rings is 3. The second-order valence-corrected chi connectivity index (χ2v) is 8.90. The first kappa shape index (κ1) is 20.1. The first-order valence-corrected chi connectivity index (χ1v) is 10.7. The molecule has 1 amide bonds. The Morgan fingerprint density at radius 2 is 1.63 bits per heavy atom. The van der Waals surface area contributed by atoms with Gasteiger partial charge < -0.3 is 14.8 Å². The third-order valence-corrected chi connectivity index (χ3v) is 6.65. The molecule has 0 unspecified atom stereocenters. The van der Waals surface area contributed by atoms with Gasteiger partial charge in [0.2, 0.25) is 6.79 Å². The molecule has 0 atom stereocenters. The van der Waals surface area contributed by atoms with Crippen LogP contribution in [0.5, 0.6) is 11.5 Å². The maximum atomic E-state index is 12.8. The number of carbonyl (C=O) groups excluding carboxylic acids is 1. The SMILES string of the molecule is CN(c1ccc(C(=O)Nc2ccc3c(c2)OCO3)cc1)S(=O)(=O)c1ccc(Cl)cc1. The molecular weight excluding hydrogens is 428 g/mol. The molecule has 0 aromatic heterocycles. The third-order valence-electron chi connectivity index (χ3n) is 4.60. The number of carbonyl (C=O) groups is 1. The highest BCUT2D eigenvalue weighted by Crippen LogP contribution is 2.34. The monoisotopic (exact) mass is 444 g/mol. The van der Waals surface area contributed by atoms with Crippen LogP contribution in [-0.4, -0.2) is 28.2 Å². The normalized spacial score (nSPS) is 12.5. The highest BCUT2D eigenvalue weighted by Gasteiger charge is 2.21. The number of halogens is 1. The Hall–Kier alpha value is -3.23. The summed E-state index contributed by atoms with van der Waals surface area (Å²) in [5, 5.41) is 3.23. The van der Waals surface area contributed by atoms with Crippen molar-refractivity contribution in [2.24, 2.45) is 0 Å². The van der Waals surface area contributed by atoms with Crippen molar-refractivity contribution in [1.29, 1.82) is 0 Å². The lowest BCUT2D eigenvalue weighted by Gasteiger charge is -2.19. The summed E-state index contributed by atoms with van der Waals surface area (Å²) in [5.41, 5.74) is 1.37. The van der Waals surface area contributed by atoms with Crippen LogP contribution in [0.25, 0.3) is 0 Å². The molecular formula is C21H17ClN2O5S. The topological polar surface area (TPSA) is 84.9 Å². The number of nitrogens with zero attached hydrogens (tertiary/aromatic N) is 1. The average Bonchev–Trinajstić information content (AvgIpc) is 3.21. The van der Waals surface area contributed by atoms with Crippen LogP contribution >= 0.6 is 11.6 Å². The van der Waals surface area contributed by atoms with E-state index in [0.717, 1.165) is 4.31 Å². The molecule has 1 N–H and O–H groups in total. The number of ether oxygens (including phenoxy) is 2. The molecule has 154 valence electrons. The second-order valence-electron chi connectivity index (χ2n) is 6.50. The van der Waals surface area contributed by atoms with E-state index in [2.05, 4.69) is 5.32 Å². The summed E-state index contributed by atoms with van der Waals surface area (Å²) in [7, 11) is -2.30. The van der Waals surface area contributed by atoms with Crippen LogP contribution in [0.4, 0.5) is 11.4 Å². The highest BCUT2D eigenvalue weighted by atomic mass is 35.5. The molecule has 1 heterocycles. The van der Waals surface area contributed by atoms with Gasteiger partial charge in [0.1, 0.15) is 0 Å². The minimum atomic E-state index is -3.75.